The molecule has 1 amide bonds. The monoisotopic (exact) mass is 540 g/mol. The molecule has 0 aliphatic heterocycles. The number of aromatic nitrogens is 1. The lowest BCUT2D eigenvalue weighted by Gasteiger charge is -2.10. The van der Waals surface area contributed by atoms with Crippen molar-refractivity contribution >= 4 is 61.6 Å². The highest BCUT2D eigenvalue weighted by Crippen LogP contribution is 2.31. The van der Waals surface area contributed by atoms with E-state index in [1.54, 1.807) is 25.1 Å². The fourth-order valence-electron chi connectivity index (χ4n) is 3.17. The molecule has 0 unspecified atom stereocenters. The Kier molecular flexibility index (Phi) is 6.85. The van der Waals surface area contributed by atoms with Gasteiger partial charge in [-0.1, -0.05) is 12.1 Å². The lowest BCUT2D eigenvalue weighted by Crippen LogP contribution is -2.34. The number of nitrogens with zero attached hydrogens (tertiary/aromatic N) is 2. The second kappa shape index (κ2) is 9.98. The Balaban J connectivity index is 1.48. The van der Waals surface area contributed by atoms with Gasteiger partial charge in [0, 0.05) is 21.8 Å². The van der Waals surface area contributed by atoms with Gasteiger partial charge >= 0.3 is 5.69 Å². The maximum Gasteiger partial charge on any atom is 0.311 e. The van der Waals surface area contributed by atoms with Gasteiger partial charge in [0.05, 0.1) is 17.1 Å². The third kappa shape index (κ3) is 5.05. The standard InChI is InChI=1S/C23H17BrN4O5S/c1-2-32-20-9-7-13(11-18(20)28(30)31)21(29)27-23(34)25-14-8-10-19-17(12-14)26-22(33-19)15-5-3-4-6-16(15)24/h3-12H,2H2,1H3,(H2,25,27,29,34). The summed E-state index contributed by atoms with van der Waals surface area (Å²) in [5.74, 6) is -0.0393. The van der Waals surface area contributed by atoms with E-state index in [0.717, 1.165) is 16.1 Å². The van der Waals surface area contributed by atoms with Crippen LogP contribution in [0.5, 0.6) is 5.75 Å². The number of nitro benzene ring substituents is 1. The molecule has 4 aromatic rings. The molecule has 0 fully saturated rings. The van der Waals surface area contributed by atoms with Gasteiger partial charge in [0.2, 0.25) is 5.89 Å². The highest BCUT2D eigenvalue weighted by Gasteiger charge is 2.19. The lowest BCUT2D eigenvalue weighted by atomic mass is 10.1. The molecule has 11 heteroatoms. The second-order valence-electron chi connectivity index (χ2n) is 6.96. The topological polar surface area (TPSA) is 120 Å². The van der Waals surface area contributed by atoms with Gasteiger partial charge in [-0.2, -0.15) is 0 Å². The molecule has 3 aromatic carbocycles. The Morgan fingerprint density at radius 3 is 2.74 bits per heavy atom. The van der Waals surface area contributed by atoms with Crippen LogP contribution in [0.4, 0.5) is 11.4 Å². The highest BCUT2D eigenvalue weighted by molar-refractivity contribution is 9.10. The normalized spacial score (nSPS) is 10.6. The Hall–Kier alpha value is -3.83. The van der Waals surface area contributed by atoms with Gasteiger partial charge in [-0.25, -0.2) is 4.98 Å². The molecule has 1 heterocycles. The van der Waals surface area contributed by atoms with Crippen LogP contribution in [0, 0.1) is 10.1 Å². The molecule has 0 atom stereocenters. The van der Waals surface area contributed by atoms with E-state index in [1.165, 1.54) is 12.1 Å². The van der Waals surface area contributed by atoms with Crippen molar-refractivity contribution in [3.8, 4) is 17.2 Å². The molecule has 4 rings (SSSR count). The molecule has 1 aromatic heterocycles. The van der Waals surface area contributed by atoms with Crippen LogP contribution in [-0.2, 0) is 0 Å². The van der Waals surface area contributed by atoms with Crippen LogP contribution < -0.4 is 15.4 Å². The third-order valence-electron chi connectivity index (χ3n) is 4.69. The van der Waals surface area contributed by atoms with Gasteiger partial charge in [-0.3, -0.25) is 20.2 Å². The van der Waals surface area contributed by atoms with E-state index in [9.17, 15) is 14.9 Å². The van der Waals surface area contributed by atoms with E-state index >= 15 is 0 Å². The van der Waals surface area contributed by atoms with Crippen molar-refractivity contribution in [3.63, 3.8) is 0 Å². The summed E-state index contributed by atoms with van der Waals surface area (Å²) in [6, 6.07) is 16.8. The van der Waals surface area contributed by atoms with E-state index < -0.39 is 10.8 Å². The number of oxazole rings is 1. The first-order valence-corrected chi connectivity index (χ1v) is 11.2. The summed E-state index contributed by atoms with van der Waals surface area (Å²) in [5, 5.41) is 16.7. The lowest BCUT2D eigenvalue weighted by molar-refractivity contribution is -0.385. The molecule has 0 saturated carbocycles. The number of hydrogen-bond acceptors (Lipinski definition) is 7. The van der Waals surface area contributed by atoms with Crippen molar-refractivity contribution in [2.75, 3.05) is 11.9 Å². The summed E-state index contributed by atoms with van der Waals surface area (Å²) in [4.78, 5) is 27.8. The third-order valence-corrected chi connectivity index (χ3v) is 5.59. The minimum Gasteiger partial charge on any atom is -0.487 e. The van der Waals surface area contributed by atoms with E-state index in [2.05, 4.69) is 31.5 Å². The first-order valence-electron chi connectivity index (χ1n) is 10.0. The van der Waals surface area contributed by atoms with Crippen LogP contribution in [0.25, 0.3) is 22.6 Å². The van der Waals surface area contributed by atoms with Gasteiger partial charge in [-0.15, -0.1) is 0 Å². The van der Waals surface area contributed by atoms with Gasteiger partial charge in [0.25, 0.3) is 5.91 Å². The molecule has 0 aliphatic rings. The molecule has 34 heavy (non-hydrogen) atoms. The molecular weight excluding hydrogens is 524 g/mol. The summed E-state index contributed by atoms with van der Waals surface area (Å²) >= 11 is 8.72. The number of nitro groups is 1. The molecule has 0 saturated heterocycles. The molecule has 172 valence electrons. The second-order valence-corrected chi connectivity index (χ2v) is 8.22. The van der Waals surface area contributed by atoms with Crippen molar-refractivity contribution in [3.05, 3.63) is 80.8 Å². The zero-order valence-electron chi connectivity index (χ0n) is 17.7. The molecular formula is C23H17BrN4O5S. The van der Waals surface area contributed by atoms with E-state index in [4.69, 9.17) is 21.4 Å². The molecule has 0 radical (unpaired) electrons. The number of halogens is 1. The Morgan fingerprint density at radius 2 is 2.00 bits per heavy atom. The van der Waals surface area contributed by atoms with Crippen LogP contribution in [0.15, 0.2) is 69.6 Å². The van der Waals surface area contributed by atoms with Crippen molar-refractivity contribution in [2.45, 2.75) is 6.92 Å². The maximum atomic E-state index is 12.6. The summed E-state index contributed by atoms with van der Waals surface area (Å²) in [5.41, 5.74) is 2.37. The number of nitrogens with one attached hydrogen (secondary N) is 2. The van der Waals surface area contributed by atoms with Gasteiger partial charge in [0.15, 0.2) is 16.4 Å². The minimum atomic E-state index is -0.603. The number of hydrogen-bond donors (Lipinski definition) is 2. The Labute approximate surface area is 207 Å². The number of thiocarbonyl (C=S) groups is 1. The maximum absolute atomic E-state index is 12.6. The van der Waals surface area contributed by atoms with Crippen LogP contribution in [0.1, 0.15) is 17.3 Å². The SMILES string of the molecule is CCOc1ccc(C(=O)NC(=S)Nc2ccc3oc(-c4ccccc4Br)nc3c2)cc1[N+](=O)[O-]. The molecule has 9 nitrogen and oxygen atoms in total. The number of amides is 1. The minimum absolute atomic E-state index is 0.0235. The van der Waals surface area contributed by atoms with Crippen LogP contribution in [0.2, 0.25) is 0 Å². The first kappa shape index (κ1) is 23.3. The highest BCUT2D eigenvalue weighted by atomic mass is 79.9. The average molecular weight is 541 g/mol. The number of fused-ring (bicyclic) bond motifs is 1. The van der Waals surface area contributed by atoms with Crippen molar-refractivity contribution in [1.29, 1.82) is 0 Å². The van der Waals surface area contributed by atoms with E-state index in [1.807, 2.05) is 24.3 Å². The number of carbonyl (C=O) groups excluding carboxylic acids is 1. The van der Waals surface area contributed by atoms with Gasteiger partial charge < -0.3 is 14.5 Å². The first-order chi connectivity index (χ1) is 16.4. The Morgan fingerprint density at radius 1 is 1.21 bits per heavy atom. The number of benzene rings is 3. The summed E-state index contributed by atoms with van der Waals surface area (Å²) in [6.07, 6.45) is 0. The van der Waals surface area contributed by atoms with Crippen LogP contribution >= 0.6 is 28.1 Å². The summed E-state index contributed by atoms with van der Waals surface area (Å²) in [6.45, 7) is 1.98. The molecule has 0 spiro atoms. The average Bonchev–Trinajstić information content (AvgIpc) is 3.22. The zero-order chi connectivity index (χ0) is 24.2. The van der Waals surface area contributed by atoms with Crippen molar-refractivity contribution in [1.82, 2.24) is 10.3 Å². The molecule has 0 bridgehead atoms. The van der Waals surface area contributed by atoms with Crippen molar-refractivity contribution < 1.29 is 18.9 Å². The number of ether oxygens (including phenoxy) is 1. The molecule has 2 N–H and O–H groups in total. The number of rotatable bonds is 6. The summed E-state index contributed by atoms with van der Waals surface area (Å²) < 4.78 is 11.9. The Bertz CT molecular complexity index is 1420. The van der Waals surface area contributed by atoms with Crippen LogP contribution in [0.3, 0.4) is 0 Å². The van der Waals surface area contributed by atoms with Crippen molar-refractivity contribution in [2.24, 2.45) is 0 Å². The zero-order valence-corrected chi connectivity index (χ0v) is 20.1. The quantitative estimate of drug-likeness (QED) is 0.182. The fraction of sp³-hybridized carbons (Fsp3) is 0.0870. The fourth-order valence-corrected chi connectivity index (χ4v) is 3.84. The van der Waals surface area contributed by atoms with Gasteiger partial charge in [-0.05, 0) is 77.5 Å². The smallest absolute Gasteiger partial charge is 0.311 e. The summed E-state index contributed by atoms with van der Waals surface area (Å²) in [7, 11) is 0. The van der Waals surface area contributed by atoms with Crippen LogP contribution in [-0.4, -0.2) is 27.5 Å². The predicted molar refractivity (Wildman–Crippen MR) is 135 cm³/mol. The van der Waals surface area contributed by atoms with E-state index in [0.29, 0.717) is 22.7 Å². The molecule has 0 aliphatic carbocycles. The number of anilines is 1. The number of carbonyl (C=O) groups is 1. The largest absolute Gasteiger partial charge is 0.487 e. The van der Waals surface area contributed by atoms with E-state index in [-0.39, 0.29) is 28.7 Å². The predicted octanol–water partition coefficient (Wildman–Crippen LogP) is 5.69. The van der Waals surface area contributed by atoms with Gasteiger partial charge in [0.1, 0.15) is 5.52 Å².